The number of nitrogens with zero attached hydrogens (tertiary/aromatic N) is 1. The van der Waals surface area contributed by atoms with Crippen LogP contribution in [-0.4, -0.2) is 25.1 Å². The first-order chi connectivity index (χ1) is 15.5. The maximum atomic E-state index is 12.6. The van der Waals surface area contributed by atoms with Gasteiger partial charge in [-0.15, -0.1) is 0 Å². The van der Waals surface area contributed by atoms with E-state index in [2.05, 4.69) is 10.3 Å². The second kappa shape index (κ2) is 8.98. The number of allylic oxidation sites excluding steroid dienone is 1. The van der Waals surface area contributed by atoms with Gasteiger partial charge in [0, 0.05) is 39.9 Å². The van der Waals surface area contributed by atoms with E-state index in [4.69, 9.17) is 13.9 Å². The van der Waals surface area contributed by atoms with Crippen molar-refractivity contribution in [2.24, 2.45) is 0 Å². The van der Waals surface area contributed by atoms with Gasteiger partial charge in [-0.3, -0.25) is 4.79 Å². The van der Waals surface area contributed by atoms with Gasteiger partial charge in [-0.25, -0.2) is 4.98 Å². The number of carbonyl (C=O) groups excluding carboxylic acids is 1. The number of nitrogens with one attached hydrogen (secondary N) is 1. The van der Waals surface area contributed by atoms with Crippen LogP contribution in [0.5, 0.6) is 11.5 Å². The van der Waals surface area contributed by atoms with E-state index in [1.54, 1.807) is 44.9 Å². The molecule has 0 spiro atoms. The fraction of sp³-hybridized carbons (Fsp3) is 0.154. The quantitative estimate of drug-likeness (QED) is 0.389. The number of aryl methyl sites for hydroxylation is 1. The third-order valence-corrected chi connectivity index (χ3v) is 5.33. The van der Waals surface area contributed by atoms with E-state index in [-0.39, 0.29) is 5.91 Å². The monoisotopic (exact) mass is 428 g/mol. The van der Waals surface area contributed by atoms with E-state index in [1.807, 2.05) is 50.2 Å². The zero-order valence-corrected chi connectivity index (χ0v) is 18.4. The Morgan fingerprint density at radius 2 is 1.84 bits per heavy atom. The molecule has 2 aromatic carbocycles. The third kappa shape index (κ3) is 3.95. The molecular weight excluding hydrogens is 404 g/mol. The van der Waals surface area contributed by atoms with Crippen LogP contribution in [0.2, 0.25) is 0 Å². The van der Waals surface area contributed by atoms with Crippen molar-refractivity contribution in [3.63, 3.8) is 0 Å². The number of ether oxygens (including phenoxy) is 2. The number of furan rings is 1. The van der Waals surface area contributed by atoms with Gasteiger partial charge in [0.25, 0.3) is 0 Å². The molecule has 0 unspecified atom stereocenters. The van der Waals surface area contributed by atoms with Crippen molar-refractivity contribution < 1.29 is 18.7 Å². The van der Waals surface area contributed by atoms with Crippen molar-refractivity contribution in [2.45, 2.75) is 13.8 Å². The number of anilines is 1. The van der Waals surface area contributed by atoms with Gasteiger partial charge in [-0.05, 0) is 43.7 Å². The maximum Gasteiger partial charge on any atom is 0.249 e. The lowest BCUT2D eigenvalue weighted by Gasteiger charge is -2.14. The van der Waals surface area contributed by atoms with E-state index in [0.29, 0.717) is 11.6 Å². The topological polar surface area (TPSA) is 73.6 Å². The number of fused-ring (bicyclic) bond motifs is 1. The summed E-state index contributed by atoms with van der Waals surface area (Å²) in [5, 5.41) is 3.69. The van der Waals surface area contributed by atoms with Crippen LogP contribution in [0.1, 0.15) is 18.1 Å². The lowest BCUT2D eigenvalue weighted by atomic mass is 9.96. The number of carbonyl (C=O) groups is 1. The molecular formula is C26H24N2O4. The molecule has 162 valence electrons. The molecule has 0 fully saturated rings. The van der Waals surface area contributed by atoms with Crippen LogP contribution < -0.4 is 14.8 Å². The minimum atomic E-state index is -0.266. The van der Waals surface area contributed by atoms with Gasteiger partial charge in [0.15, 0.2) is 0 Å². The normalized spacial score (nSPS) is 11.4. The van der Waals surface area contributed by atoms with Crippen molar-refractivity contribution in [3.05, 3.63) is 78.2 Å². The number of pyridine rings is 1. The molecule has 0 saturated carbocycles. The van der Waals surface area contributed by atoms with Crippen LogP contribution in [0, 0.1) is 6.92 Å². The molecule has 6 heteroatoms. The molecule has 0 bridgehead atoms. The lowest BCUT2D eigenvalue weighted by molar-refractivity contribution is -0.111. The van der Waals surface area contributed by atoms with Crippen molar-refractivity contribution >= 4 is 28.3 Å². The summed E-state index contributed by atoms with van der Waals surface area (Å²) >= 11 is 0. The largest absolute Gasteiger partial charge is 0.496 e. The molecule has 1 amide bonds. The van der Waals surface area contributed by atoms with Gasteiger partial charge in [-0.2, -0.15) is 0 Å². The van der Waals surface area contributed by atoms with E-state index < -0.39 is 0 Å². The Labute approximate surface area is 186 Å². The Bertz CT molecular complexity index is 1310. The predicted molar refractivity (Wildman–Crippen MR) is 126 cm³/mol. The molecule has 0 aliphatic carbocycles. The van der Waals surface area contributed by atoms with Gasteiger partial charge in [0.2, 0.25) is 5.91 Å². The van der Waals surface area contributed by atoms with Crippen LogP contribution in [-0.2, 0) is 4.79 Å². The van der Waals surface area contributed by atoms with Gasteiger partial charge in [0.1, 0.15) is 22.9 Å². The summed E-state index contributed by atoms with van der Waals surface area (Å²) in [6.07, 6.45) is 4.90. The highest BCUT2D eigenvalue weighted by molar-refractivity contribution is 6.05. The van der Waals surface area contributed by atoms with Crippen molar-refractivity contribution in [1.29, 1.82) is 0 Å². The fourth-order valence-electron chi connectivity index (χ4n) is 3.82. The summed E-state index contributed by atoms with van der Waals surface area (Å²) in [7, 11) is 3.26. The van der Waals surface area contributed by atoms with Gasteiger partial charge >= 0.3 is 0 Å². The highest BCUT2D eigenvalue weighted by Crippen LogP contribution is 2.42. The number of methoxy groups -OCH3 is 2. The first-order valence-electron chi connectivity index (χ1n) is 10.2. The first-order valence-corrected chi connectivity index (χ1v) is 10.2. The first kappa shape index (κ1) is 21.2. The zero-order valence-electron chi connectivity index (χ0n) is 18.4. The summed E-state index contributed by atoms with van der Waals surface area (Å²) < 4.78 is 17.2. The Kier molecular flexibility index (Phi) is 5.94. The molecule has 0 atom stereocenters. The number of amides is 1. The van der Waals surface area contributed by atoms with Crippen LogP contribution in [0.15, 0.2) is 71.5 Å². The Morgan fingerprint density at radius 3 is 2.56 bits per heavy atom. The molecule has 1 N–H and O–H groups in total. The van der Waals surface area contributed by atoms with Crippen LogP contribution in [0.4, 0.5) is 5.82 Å². The van der Waals surface area contributed by atoms with E-state index in [1.165, 1.54) is 0 Å². The molecule has 32 heavy (non-hydrogen) atoms. The van der Waals surface area contributed by atoms with Crippen molar-refractivity contribution in [3.8, 4) is 22.6 Å². The molecule has 4 rings (SSSR count). The summed E-state index contributed by atoms with van der Waals surface area (Å²) in [4.78, 5) is 16.7. The number of aromatic nitrogens is 1. The van der Waals surface area contributed by atoms with Crippen LogP contribution in [0.3, 0.4) is 0 Å². The summed E-state index contributed by atoms with van der Waals surface area (Å²) in [6, 6.07) is 15.1. The number of benzene rings is 2. The molecule has 2 heterocycles. The van der Waals surface area contributed by atoms with Crippen molar-refractivity contribution in [2.75, 3.05) is 19.5 Å². The third-order valence-electron chi connectivity index (χ3n) is 5.33. The average Bonchev–Trinajstić information content (AvgIpc) is 3.23. The molecule has 4 aromatic rings. The summed E-state index contributed by atoms with van der Waals surface area (Å²) in [6.45, 7) is 3.82. The average molecular weight is 428 g/mol. The van der Waals surface area contributed by atoms with Crippen LogP contribution in [0.25, 0.3) is 27.7 Å². The standard InChI is InChI=1S/C26H24N2O4/c1-16(13-24(29)28-23-11-7-8-12-27-23)19-14-20-21(18-9-5-6-10-22(18)30-3)15-32-26(20)17(2)25(19)31-4/h5-15H,1-4H3,(H,27,28,29)/b16-13+. The zero-order chi connectivity index (χ0) is 22.7. The minimum Gasteiger partial charge on any atom is -0.496 e. The molecule has 2 aromatic heterocycles. The minimum absolute atomic E-state index is 0.266. The van der Waals surface area contributed by atoms with E-state index in [9.17, 15) is 4.79 Å². The van der Waals surface area contributed by atoms with Crippen molar-refractivity contribution in [1.82, 2.24) is 4.98 Å². The number of hydrogen-bond acceptors (Lipinski definition) is 5. The van der Waals surface area contributed by atoms with Gasteiger partial charge in [-0.1, -0.05) is 24.3 Å². The number of para-hydroxylation sites is 1. The maximum absolute atomic E-state index is 12.6. The summed E-state index contributed by atoms with van der Waals surface area (Å²) in [5.41, 5.74) is 5.00. The molecule has 0 aliphatic heterocycles. The Balaban J connectivity index is 1.81. The predicted octanol–water partition coefficient (Wildman–Crippen LogP) is 5.86. The van der Waals surface area contributed by atoms with Gasteiger partial charge < -0.3 is 19.2 Å². The Morgan fingerprint density at radius 1 is 1.06 bits per heavy atom. The molecule has 0 saturated heterocycles. The SMILES string of the molecule is COc1ccccc1-c1coc2c(C)c(OC)c(/C(C)=C/C(=O)Nc3ccccn3)cc12. The Hall–Kier alpha value is -4.06. The number of hydrogen-bond donors (Lipinski definition) is 1. The molecule has 6 nitrogen and oxygen atoms in total. The highest BCUT2D eigenvalue weighted by atomic mass is 16.5. The smallest absolute Gasteiger partial charge is 0.249 e. The molecule has 0 aliphatic rings. The van der Waals surface area contributed by atoms with Gasteiger partial charge in [0.05, 0.1) is 20.5 Å². The second-order valence-corrected chi connectivity index (χ2v) is 7.34. The highest BCUT2D eigenvalue weighted by Gasteiger charge is 2.20. The fourth-order valence-corrected chi connectivity index (χ4v) is 3.82. The number of rotatable bonds is 6. The second-order valence-electron chi connectivity index (χ2n) is 7.34. The molecule has 0 radical (unpaired) electrons. The lowest BCUT2D eigenvalue weighted by Crippen LogP contribution is -2.09. The van der Waals surface area contributed by atoms with Crippen LogP contribution >= 0.6 is 0 Å². The van der Waals surface area contributed by atoms with E-state index in [0.717, 1.165) is 44.5 Å². The van der Waals surface area contributed by atoms with E-state index >= 15 is 0 Å². The summed E-state index contributed by atoms with van der Waals surface area (Å²) in [5.74, 6) is 1.65.